The van der Waals surface area contributed by atoms with Crippen molar-refractivity contribution in [2.75, 3.05) is 26.3 Å². The van der Waals surface area contributed by atoms with E-state index >= 15 is 0 Å². The van der Waals surface area contributed by atoms with Crippen LogP contribution in [-0.4, -0.2) is 54.4 Å². The molecule has 0 aromatic heterocycles. The Kier molecular flexibility index (Phi) is 6.25. The fraction of sp³-hybridized carbons (Fsp3) is 0.833. The van der Waals surface area contributed by atoms with Crippen LogP contribution in [0.1, 0.15) is 25.7 Å². The zero-order chi connectivity index (χ0) is 15.2. The lowest BCUT2D eigenvalue weighted by atomic mass is 10.0. The van der Waals surface area contributed by atoms with Gasteiger partial charge in [-0.15, -0.1) is 0 Å². The van der Waals surface area contributed by atoms with Gasteiger partial charge in [0.2, 0.25) is 5.91 Å². The second-order valence-corrected chi connectivity index (χ2v) is 4.84. The Morgan fingerprint density at radius 2 is 2.00 bits per heavy atom. The summed E-state index contributed by atoms with van der Waals surface area (Å²) >= 11 is 0. The molecule has 20 heavy (non-hydrogen) atoms. The first kappa shape index (κ1) is 16.7. The Labute approximate surface area is 114 Å². The number of nitrogens with zero attached hydrogens (tertiary/aromatic N) is 1. The van der Waals surface area contributed by atoms with Crippen LogP contribution in [0.15, 0.2) is 0 Å². The summed E-state index contributed by atoms with van der Waals surface area (Å²) < 4.78 is 39.8. The fourth-order valence-corrected chi connectivity index (χ4v) is 2.13. The molecule has 1 aliphatic heterocycles. The lowest BCUT2D eigenvalue weighted by Crippen LogP contribution is -2.30. The van der Waals surface area contributed by atoms with Crippen molar-refractivity contribution in [3.63, 3.8) is 0 Å². The molecule has 0 bridgehead atoms. The molecule has 1 heterocycles. The SMILES string of the molecule is O=C(O)CCC1CCN(C(=O)CCOCC(F)(F)F)C1. The van der Waals surface area contributed by atoms with Crippen LogP contribution < -0.4 is 0 Å². The van der Waals surface area contributed by atoms with Crippen LogP contribution in [0.3, 0.4) is 0 Å². The fourth-order valence-electron chi connectivity index (χ4n) is 2.13. The summed E-state index contributed by atoms with van der Waals surface area (Å²) in [7, 11) is 0. The van der Waals surface area contributed by atoms with Crippen molar-refractivity contribution in [3.8, 4) is 0 Å². The summed E-state index contributed by atoms with van der Waals surface area (Å²) in [6.45, 7) is -0.593. The van der Waals surface area contributed by atoms with Crippen LogP contribution in [0.2, 0.25) is 0 Å². The Hall–Kier alpha value is -1.31. The van der Waals surface area contributed by atoms with Crippen molar-refractivity contribution >= 4 is 11.9 Å². The summed E-state index contributed by atoms with van der Waals surface area (Å²) in [5.41, 5.74) is 0. The number of ether oxygens (including phenoxy) is 1. The Morgan fingerprint density at radius 3 is 2.60 bits per heavy atom. The standard InChI is InChI=1S/C12H18F3NO4/c13-12(14,15)8-20-6-4-10(17)16-5-3-9(7-16)1-2-11(18)19/h9H,1-8H2,(H,18,19). The third kappa shape index (κ3) is 6.74. The van der Waals surface area contributed by atoms with Gasteiger partial charge in [-0.3, -0.25) is 9.59 Å². The molecule has 0 spiro atoms. The van der Waals surface area contributed by atoms with Crippen molar-refractivity contribution in [2.45, 2.75) is 31.9 Å². The summed E-state index contributed by atoms with van der Waals surface area (Å²) in [5.74, 6) is -0.952. The van der Waals surface area contributed by atoms with Crippen molar-refractivity contribution in [3.05, 3.63) is 0 Å². The molecule has 5 nitrogen and oxygen atoms in total. The second-order valence-electron chi connectivity index (χ2n) is 4.84. The average Bonchev–Trinajstić information content (AvgIpc) is 2.79. The van der Waals surface area contributed by atoms with Gasteiger partial charge in [0.15, 0.2) is 0 Å². The van der Waals surface area contributed by atoms with Crippen LogP contribution in [0.25, 0.3) is 0 Å². The molecule has 0 aliphatic carbocycles. The van der Waals surface area contributed by atoms with Gasteiger partial charge in [0.1, 0.15) is 6.61 Å². The molecule has 0 radical (unpaired) electrons. The van der Waals surface area contributed by atoms with Crippen LogP contribution in [0, 0.1) is 5.92 Å². The van der Waals surface area contributed by atoms with E-state index in [0.29, 0.717) is 19.5 Å². The molecule has 0 aromatic rings. The summed E-state index contributed by atoms with van der Waals surface area (Å²) in [6, 6.07) is 0. The van der Waals surface area contributed by atoms with Gasteiger partial charge < -0.3 is 14.7 Å². The van der Waals surface area contributed by atoms with E-state index in [1.807, 2.05) is 0 Å². The van der Waals surface area contributed by atoms with E-state index in [1.165, 1.54) is 0 Å². The Bertz CT molecular complexity index is 346. The van der Waals surface area contributed by atoms with E-state index in [-0.39, 0.29) is 31.3 Å². The Morgan fingerprint density at radius 1 is 1.30 bits per heavy atom. The molecule has 1 unspecified atom stereocenters. The highest BCUT2D eigenvalue weighted by atomic mass is 19.4. The molecule has 1 aliphatic rings. The first-order valence-corrected chi connectivity index (χ1v) is 6.42. The molecule has 1 atom stereocenters. The number of amides is 1. The molecule has 1 N–H and O–H groups in total. The Balaban J connectivity index is 2.17. The third-order valence-corrected chi connectivity index (χ3v) is 3.13. The average molecular weight is 297 g/mol. The predicted octanol–water partition coefficient (Wildman–Crippen LogP) is 1.67. The maximum Gasteiger partial charge on any atom is 0.411 e. The van der Waals surface area contributed by atoms with Crippen LogP contribution >= 0.6 is 0 Å². The number of carbonyl (C=O) groups excluding carboxylic acids is 1. The number of rotatable bonds is 7. The topological polar surface area (TPSA) is 66.8 Å². The smallest absolute Gasteiger partial charge is 0.411 e. The molecule has 116 valence electrons. The van der Waals surface area contributed by atoms with Crippen LogP contribution in [0.4, 0.5) is 13.2 Å². The van der Waals surface area contributed by atoms with E-state index in [1.54, 1.807) is 4.90 Å². The number of carboxylic acid groups (broad SMARTS) is 1. The predicted molar refractivity (Wildman–Crippen MR) is 63.0 cm³/mol. The summed E-state index contributed by atoms with van der Waals surface area (Å²) in [6.07, 6.45) is -3.13. The second kappa shape index (κ2) is 7.47. The number of halogens is 3. The number of hydrogen-bond donors (Lipinski definition) is 1. The van der Waals surface area contributed by atoms with Crippen LogP contribution in [0.5, 0.6) is 0 Å². The van der Waals surface area contributed by atoms with Gasteiger partial charge >= 0.3 is 12.1 Å². The number of likely N-dealkylation sites (tertiary alicyclic amines) is 1. The van der Waals surface area contributed by atoms with Gasteiger partial charge in [0.05, 0.1) is 13.0 Å². The molecule has 1 amide bonds. The zero-order valence-electron chi connectivity index (χ0n) is 11.0. The molecule has 1 rings (SSSR count). The zero-order valence-corrected chi connectivity index (χ0v) is 11.0. The minimum absolute atomic E-state index is 0.0708. The molecule has 1 fully saturated rings. The normalized spacial score (nSPS) is 19.4. The van der Waals surface area contributed by atoms with E-state index in [0.717, 1.165) is 6.42 Å². The molecule has 8 heteroatoms. The highest BCUT2D eigenvalue weighted by molar-refractivity contribution is 5.76. The van der Waals surface area contributed by atoms with E-state index in [9.17, 15) is 22.8 Å². The lowest BCUT2D eigenvalue weighted by Gasteiger charge is -2.16. The summed E-state index contributed by atoms with van der Waals surface area (Å²) in [5, 5.41) is 8.57. The van der Waals surface area contributed by atoms with Gasteiger partial charge in [-0.25, -0.2) is 0 Å². The quantitative estimate of drug-likeness (QED) is 0.726. The van der Waals surface area contributed by atoms with E-state index < -0.39 is 18.8 Å². The number of alkyl halides is 3. The number of carboxylic acids is 1. The van der Waals surface area contributed by atoms with Crippen molar-refractivity contribution in [1.82, 2.24) is 4.90 Å². The van der Waals surface area contributed by atoms with Gasteiger partial charge in [0, 0.05) is 19.5 Å². The minimum atomic E-state index is -4.38. The van der Waals surface area contributed by atoms with Gasteiger partial charge in [0.25, 0.3) is 0 Å². The maximum atomic E-state index is 11.8. The van der Waals surface area contributed by atoms with Crippen molar-refractivity contribution in [2.24, 2.45) is 5.92 Å². The van der Waals surface area contributed by atoms with Crippen molar-refractivity contribution in [1.29, 1.82) is 0 Å². The van der Waals surface area contributed by atoms with Gasteiger partial charge in [-0.2, -0.15) is 13.2 Å². The van der Waals surface area contributed by atoms with Crippen LogP contribution in [-0.2, 0) is 14.3 Å². The van der Waals surface area contributed by atoms with Gasteiger partial charge in [-0.05, 0) is 18.8 Å². The summed E-state index contributed by atoms with van der Waals surface area (Å²) in [4.78, 5) is 23.7. The van der Waals surface area contributed by atoms with Crippen molar-refractivity contribution < 1.29 is 32.6 Å². The molecule has 0 aromatic carbocycles. The number of aliphatic carboxylic acids is 1. The molecule has 1 saturated heterocycles. The van der Waals surface area contributed by atoms with E-state index in [4.69, 9.17) is 5.11 Å². The maximum absolute atomic E-state index is 11.8. The lowest BCUT2D eigenvalue weighted by molar-refractivity contribution is -0.175. The third-order valence-electron chi connectivity index (χ3n) is 3.13. The molecule has 0 saturated carbocycles. The highest BCUT2D eigenvalue weighted by Gasteiger charge is 2.28. The minimum Gasteiger partial charge on any atom is -0.481 e. The van der Waals surface area contributed by atoms with E-state index in [2.05, 4.69) is 4.74 Å². The first-order valence-electron chi connectivity index (χ1n) is 6.42. The first-order chi connectivity index (χ1) is 9.28. The molecular formula is C12H18F3NO4. The highest BCUT2D eigenvalue weighted by Crippen LogP contribution is 2.21. The number of hydrogen-bond acceptors (Lipinski definition) is 3. The molecular weight excluding hydrogens is 279 g/mol. The van der Waals surface area contributed by atoms with Gasteiger partial charge in [-0.1, -0.05) is 0 Å². The largest absolute Gasteiger partial charge is 0.481 e. The number of carbonyl (C=O) groups is 2. The monoisotopic (exact) mass is 297 g/mol.